The second-order valence-electron chi connectivity index (χ2n) is 8.15. The summed E-state index contributed by atoms with van der Waals surface area (Å²) in [6, 6.07) is 14.9. The maximum absolute atomic E-state index is 13.4. The van der Waals surface area contributed by atoms with Gasteiger partial charge in [0.05, 0.1) is 38.8 Å². The van der Waals surface area contributed by atoms with Gasteiger partial charge in [-0.05, 0) is 37.1 Å². The summed E-state index contributed by atoms with van der Waals surface area (Å²) in [4.78, 5) is 29.8. The molecule has 32 heavy (non-hydrogen) atoms. The maximum atomic E-state index is 13.4. The van der Waals surface area contributed by atoms with Crippen LogP contribution >= 0.6 is 23.2 Å². The van der Waals surface area contributed by atoms with Gasteiger partial charge >= 0.3 is 0 Å². The fourth-order valence-electron chi connectivity index (χ4n) is 4.17. The van der Waals surface area contributed by atoms with E-state index >= 15 is 0 Å². The molecule has 3 aromatic rings. The second-order valence-corrected chi connectivity index (χ2v) is 8.94. The summed E-state index contributed by atoms with van der Waals surface area (Å²) in [7, 11) is 0. The quantitative estimate of drug-likeness (QED) is 0.559. The van der Waals surface area contributed by atoms with E-state index in [0.717, 1.165) is 24.2 Å². The Balaban J connectivity index is 1.32. The lowest BCUT2D eigenvalue weighted by atomic mass is 10.1. The van der Waals surface area contributed by atoms with Crippen molar-refractivity contribution in [2.24, 2.45) is 0 Å². The van der Waals surface area contributed by atoms with Gasteiger partial charge in [0.1, 0.15) is 0 Å². The van der Waals surface area contributed by atoms with E-state index in [4.69, 9.17) is 23.2 Å². The number of carbonyl (C=O) groups is 2. The fraction of sp³-hybridized carbons (Fsp3) is 0.292. The fourth-order valence-corrected chi connectivity index (χ4v) is 4.55. The smallest absolute Gasteiger partial charge is 0.257 e. The van der Waals surface area contributed by atoms with Gasteiger partial charge in [-0.1, -0.05) is 47.5 Å². The van der Waals surface area contributed by atoms with E-state index in [1.54, 1.807) is 29.3 Å². The number of piperazine rings is 1. The van der Waals surface area contributed by atoms with E-state index in [0.29, 0.717) is 48.2 Å². The van der Waals surface area contributed by atoms with Crippen LogP contribution in [0.25, 0.3) is 5.69 Å². The zero-order chi connectivity index (χ0) is 22.2. The van der Waals surface area contributed by atoms with Gasteiger partial charge in [0.2, 0.25) is 0 Å². The third-order valence-corrected chi connectivity index (χ3v) is 6.86. The molecule has 0 unspecified atom stereocenters. The first kappa shape index (κ1) is 21.0. The molecule has 2 fully saturated rings. The van der Waals surface area contributed by atoms with Crippen LogP contribution in [0.5, 0.6) is 0 Å². The van der Waals surface area contributed by atoms with E-state index in [2.05, 4.69) is 5.10 Å². The zero-order valence-electron chi connectivity index (χ0n) is 17.4. The van der Waals surface area contributed by atoms with Gasteiger partial charge in [-0.2, -0.15) is 5.10 Å². The number of rotatable bonds is 4. The molecule has 1 saturated heterocycles. The molecule has 2 aromatic carbocycles. The SMILES string of the molecule is O=C(c1cccc(Cl)c1Cl)N1CCN(C(=O)c2cnn(-c3ccccc3)c2C2CC2)CC1. The molecule has 2 amide bonds. The minimum absolute atomic E-state index is 0.0260. The summed E-state index contributed by atoms with van der Waals surface area (Å²) in [6.07, 6.45) is 3.83. The number of halogens is 2. The molecule has 0 N–H and O–H groups in total. The number of carbonyl (C=O) groups excluding carboxylic acids is 2. The Labute approximate surface area is 196 Å². The van der Waals surface area contributed by atoms with Gasteiger partial charge < -0.3 is 9.80 Å². The Morgan fingerprint density at radius 2 is 1.44 bits per heavy atom. The number of aromatic nitrogens is 2. The summed E-state index contributed by atoms with van der Waals surface area (Å²) < 4.78 is 1.89. The Morgan fingerprint density at radius 1 is 0.812 bits per heavy atom. The van der Waals surface area contributed by atoms with E-state index < -0.39 is 0 Å². The average Bonchev–Trinajstić information content (AvgIpc) is 3.58. The molecule has 2 aliphatic rings. The number of nitrogens with zero attached hydrogens (tertiary/aromatic N) is 4. The summed E-state index contributed by atoms with van der Waals surface area (Å²) in [5.41, 5.74) is 3.00. The Bertz CT molecular complexity index is 1170. The maximum Gasteiger partial charge on any atom is 0.257 e. The molecule has 6 nitrogen and oxygen atoms in total. The first-order valence-corrected chi connectivity index (χ1v) is 11.5. The molecule has 0 bridgehead atoms. The van der Waals surface area contributed by atoms with Crippen LogP contribution < -0.4 is 0 Å². The number of benzene rings is 2. The van der Waals surface area contributed by atoms with E-state index in [-0.39, 0.29) is 16.8 Å². The molecule has 1 saturated carbocycles. The third kappa shape index (κ3) is 3.89. The lowest BCUT2D eigenvalue weighted by molar-refractivity contribution is 0.0535. The molecule has 2 heterocycles. The van der Waals surface area contributed by atoms with Crippen molar-refractivity contribution in [3.63, 3.8) is 0 Å². The highest BCUT2D eigenvalue weighted by atomic mass is 35.5. The van der Waals surface area contributed by atoms with Gasteiger partial charge in [-0.15, -0.1) is 0 Å². The molecule has 1 aliphatic heterocycles. The first-order chi connectivity index (χ1) is 15.5. The molecule has 0 atom stereocenters. The van der Waals surface area contributed by atoms with Crippen molar-refractivity contribution in [3.05, 3.63) is 81.6 Å². The van der Waals surface area contributed by atoms with Crippen LogP contribution in [0, 0.1) is 0 Å². The first-order valence-electron chi connectivity index (χ1n) is 10.7. The van der Waals surface area contributed by atoms with Crippen LogP contribution in [-0.4, -0.2) is 57.6 Å². The van der Waals surface area contributed by atoms with Crippen LogP contribution in [0.15, 0.2) is 54.7 Å². The van der Waals surface area contributed by atoms with Gasteiger partial charge in [0.15, 0.2) is 0 Å². The standard InChI is InChI=1S/C24H22Cl2N4O2/c25-20-8-4-7-18(21(20)26)23(31)28-11-13-29(14-12-28)24(32)19-15-27-30(22(19)16-9-10-16)17-5-2-1-3-6-17/h1-8,15-16H,9-14H2. The average molecular weight is 469 g/mol. The van der Waals surface area contributed by atoms with Crippen LogP contribution in [0.2, 0.25) is 10.0 Å². The van der Waals surface area contributed by atoms with Gasteiger partial charge in [0.25, 0.3) is 11.8 Å². The highest BCUT2D eigenvalue weighted by molar-refractivity contribution is 6.43. The molecule has 0 spiro atoms. The predicted molar refractivity (Wildman–Crippen MR) is 124 cm³/mol. The summed E-state index contributed by atoms with van der Waals surface area (Å²) >= 11 is 12.3. The van der Waals surface area contributed by atoms with Crippen molar-refractivity contribution < 1.29 is 9.59 Å². The van der Waals surface area contributed by atoms with Gasteiger partial charge in [-0.25, -0.2) is 4.68 Å². The number of hydrogen-bond acceptors (Lipinski definition) is 3. The third-order valence-electron chi connectivity index (χ3n) is 6.04. The molecule has 1 aromatic heterocycles. The lowest BCUT2D eigenvalue weighted by Crippen LogP contribution is -2.50. The summed E-state index contributed by atoms with van der Waals surface area (Å²) in [5.74, 6) is 0.173. The molecule has 0 radical (unpaired) electrons. The lowest BCUT2D eigenvalue weighted by Gasteiger charge is -2.35. The van der Waals surface area contributed by atoms with Crippen LogP contribution in [0.3, 0.4) is 0 Å². The van der Waals surface area contributed by atoms with Crippen molar-refractivity contribution in [3.8, 4) is 5.69 Å². The zero-order valence-corrected chi connectivity index (χ0v) is 18.9. The highest BCUT2D eigenvalue weighted by Crippen LogP contribution is 2.42. The van der Waals surface area contributed by atoms with Crippen molar-refractivity contribution in [1.82, 2.24) is 19.6 Å². The molecule has 1 aliphatic carbocycles. The molecular weight excluding hydrogens is 447 g/mol. The number of hydrogen-bond donors (Lipinski definition) is 0. The number of amides is 2. The largest absolute Gasteiger partial charge is 0.335 e. The normalized spacial score (nSPS) is 16.3. The van der Waals surface area contributed by atoms with Gasteiger partial charge in [-0.3, -0.25) is 9.59 Å². The second kappa shape index (κ2) is 8.60. The van der Waals surface area contributed by atoms with Crippen LogP contribution in [0.4, 0.5) is 0 Å². The predicted octanol–water partition coefficient (Wildman–Crippen LogP) is 4.65. The number of para-hydroxylation sites is 1. The van der Waals surface area contributed by atoms with Crippen molar-refractivity contribution in [2.45, 2.75) is 18.8 Å². The Morgan fingerprint density at radius 3 is 2.06 bits per heavy atom. The minimum Gasteiger partial charge on any atom is -0.335 e. The Kier molecular flexibility index (Phi) is 5.66. The molecule has 8 heteroatoms. The van der Waals surface area contributed by atoms with Crippen LogP contribution in [-0.2, 0) is 0 Å². The molecular formula is C24H22Cl2N4O2. The monoisotopic (exact) mass is 468 g/mol. The highest BCUT2D eigenvalue weighted by Gasteiger charge is 2.35. The minimum atomic E-state index is -0.167. The van der Waals surface area contributed by atoms with E-state index in [9.17, 15) is 9.59 Å². The van der Waals surface area contributed by atoms with E-state index in [1.165, 1.54) is 0 Å². The Hall–Kier alpha value is -2.83. The van der Waals surface area contributed by atoms with Crippen LogP contribution in [0.1, 0.15) is 45.2 Å². The topological polar surface area (TPSA) is 58.4 Å². The van der Waals surface area contributed by atoms with Crippen molar-refractivity contribution in [2.75, 3.05) is 26.2 Å². The van der Waals surface area contributed by atoms with E-state index in [1.807, 2.05) is 39.9 Å². The summed E-state index contributed by atoms with van der Waals surface area (Å²) in [5, 5.41) is 5.16. The molecule has 5 rings (SSSR count). The van der Waals surface area contributed by atoms with Gasteiger partial charge in [0, 0.05) is 32.1 Å². The summed E-state index contributed by atoms with van der Waals surface area (Å²) in [6.45, 7) is 1.81. The van der Waals surface area contributed by atoms with Crippen molar-refractivity contribution in [1.29, 1.82) is 0 Å². The molecule has 164 valence electrons. The van der Waals surface area contributed by atoms with Crippen molar-refractivity contribution >= 4 is 35.0 Å².